The second kappa shape index (κ2) is 9.86. The average Bonchev–Trinajstić information content (AvgIpc) is 3.14. The lowest BCUT2D eigenvalue weighted by molar-refractivity contribution is 0.0177. The SMILES string of the molecule is CN=C(NCCS(=O)(=O)C(C)(C)C)NCC(c1cccs1)N1CCOCC1. The molecule has 0 spiro atoms. The molecule has 0 amide bonds. The summed E-state index contributed by atoms with van der Waals surface area (Å²) in [4.78, 5) is 7.95. The maximum atomic E-state index is 12.2. The second-order valence-electron chi connectivity index (χ2n) is 7.49. The predicted octanol–water partition coefficient (Wildman–Crippen LogP) is 1.50. The van der Waals surface area contributed by atoms with Crippen LogP contribution in [0.15, 0.2) is 22.5 Å². The van der Waals surface area contributed by atoms with Crippen molar-refractivity contribution in [1.82, 2.24) is 15.5 Å². The number of hydrogen-bond acceptors (Lipinski definition) is 6. The first kappa shape index (κ1) is 22.1. The Kier molecular flexibility index (Phi) is 8.08. The Hall–Kier alpha value is -1.16. The van der Waals surface area contributed by atoms with E-state index in [1.54, 1.807) is 39.2 Å². The van der Waals surface area contributed by atoms with Crippen LogP contribution in [-0.4, -0.2) is 76.2 Å². The molecule has 2 N–H and O–H groups in total. The summed E-state index contributed by atoms with van der Waals surface area (Å²) in [6, 6.07) is 4.46. The summed E-state index contributed by atoms with van der Waals surface area (Å²) in [5, 5.41) is 8.56. The molecule has 1 atom stereocenters. The standard InChI is InChI=1S/C18H32N4O3S2/c1-18(2,3)27(23,24)13-7-20-17(19-4)21-14-15(16-6-5-12-26-16)22-8-10-25-11-9-22/h5-6,12,15H,7-11,13-14H2,1-4H3,(H2,19,20,21). The zero-order valence-electron chi connectivity index (χ0n) is 16.7. The molecule has 1 aromatic rings. The highest BCUT2D eigenvalue weighted by molar-refractivity contribution is 7.92. The first-order valence-corrected chi connectivity index (χ1v) is 11.8. The van der Waals surface area contributed by atoms with Gasteiger partial charge in [-0.2, -0.15) is 0 Å². The Morgan fingerprint density at radius 2 is 2.04 bits per heavy atom. The van der Waals surface area contributed by atoms with Crippen LogP contribution in [0.25, 0.3) is 0 Å². The van der Waals surface area contributed by atoms with Crippen LogP contribution in [0, 0.1) is 0 Å². The fourth-order valence-corrected chi connectivity index (χ4v) is 4.65. The predicted molar refractivity (Wildman–Crippen MR) is 112 cm³/mol. The van der Waals surface area contributed by atoms with Crippen LogP contribution < -0.4 is 10.6 Å². The van der Waals surface area contributed by atoms with E-state index in [9.17, 15) is 8.42 Å². The first-order valence-electron chi connectivity index (χ1n) is 9.26. The van der Waals surface area contributed by atoms with E-state index in [0.717, 1.165) is 26.3 Å². The molecule has 0 aliphatic carbocycles. The van der Waals surface area contributed by atoms with E-state index in [2.05, 4.69) is 38.0 Å². The highest BCUT2D eigenvalue weighted by Crippen LogP contribution is 2.25. The Bertz CT molecular complexity index is 691. The van der Waals surface area contributed by atoms with Gasteiger partial charge in [0, 0.05) is 38.1 Å². The van der Waals surface area contributed by atoms with E-state index in [1.807, 2.05) is 0 Å². The lowest BCUT2D eigenvalue weighted by Crippen LogP contribution is -2.47. The lowest BCUT2D eigenvalue weighted by Gasteiger charge is -2.34. The minimum absolute atomic E-state index is 0.0784. The van der Waals surface area contributed by atoms with Crippen molar-refractivity contribution in [1.29, 1.82) is 0 Å². The zero-order chi connectivity index (χ0) is 19.9. The maximum absolute atomic E-state index is 12.2. The molecule has 1 aliphatic rings. The maximum Gasteiger partial charge on any atom is 0.191 e. The summed E-state index contributed by atoms with van der Waals surface area (Å²) >= 11 is 1.75. The highest BCUT2D eigenvalue weighted by atomic mass is 32.2. The lowest BCUT2D eigenvalue weighted by atomic mass is 10.2. The third-order valence-electron chi connectivity index (χ3n) is 4.64. The van der Waals surface area contributed by atoms with Crippen molar-refractivity contribution in [2.75, 3.05) is 52.2 Å². The number of rotatable bonds is 7. The smallest absolute Gasteiger partial charge is 0.191 e. The number of morpholine rings is 1. The van der Waals surface area contributed by atoms with Crippen LogP contribution in [0.1, 0.15) is 31.7 Å². The van der Waals surface area contributed by atoms with Gasteiger partial charge in [-0.15, -0.1) is 11.3 Å². The summed E-state index contributed by atoms with van der Waals surface area (Å²) in [7, 11) is -1.45. The number of thiophene rings is 1. The molecule has 0 bridgehead atoms. The molecule has 1 fully saturated rings. The number of hydrogen-bond donors (Lipinski definition) is 2. The summed E-state index contributed by atoms with van der Waals surface area (Å²) in [6.07, 6.45) is 0. The van der Waals surface area contributed by atoms with Gasteiger partial charge in [0.2, 0.25) is 0 Å². The summed E-state index contributed by atoms with van der Waals surface area (Å²) < 4.78 is 29.2. The average molecular weight is 417 g/mol. The normalized spacial score (nSPS) is 18.3. The molecule has 1 aromatic heterocycles. The fraction of sp³-hybridized carbons (Fsp3) is 0.722. The Labute approximate surface area is 167 Å². The van der Waals surface area contributed by atoms with Crippen LogP contribution >= 0.6 is 11.3 Å². The molecule has 1 aliphatic heterocycles. The van der Waals surface area contributed by atoms with Crippen LogP contribution in [0.5, 0.6) is 0 Å². The third kappa shape index (κ3) is 6.44. The molecular weight excluding hydrogens is 384 g/mol. The van der Waals surface area contributed by atoms with Crippen LogP contribution in [-0.2, 0) is 14.6 Å². The van der Waals surface area contributed by atoms with E-state index >= 15 is 0 Å². The minimum Gasteiger partial charge on any atom is -0.379 e. The van der Waals surface area contributed by atoms with Crippen molar-refractivity contribution >= 4 is 27.1 Å². The fourth-order valence-electron chi connectivity index (χ4n) is 2.80. The number of sulfone groups is 1. The number of aliphatic imine (C=N–C) groups is 1. The molecule has 7 nitrogen and oxygen atoms in total. The van der Waals surface area contributed by atoms with Crippen molar-refractivity contribution < 1.29 is 13.2 Å². The quantitative estimate of drug-likeness (QED) is 0.518. The van der Waals surface area contributed by atoms with Crippen molar-refractivity contribution in [3.63, 3.8) is 0 Å². The molecule has 1 unspecified atom stereocenters. The number of ether oxygens (including phenoxy) is 1. The molecule has 1 saturated heterocycles. The largest absolute Gasteiger partial charge is 0.379 e. The van der Waals surface area contributed by atoms with Crippen LogP contribution in [0.2, 0.25) is 0 Å². The number of nitrogens with zero attached hydrogens (tertiary/aromatic N) is 2. The topological polar surface area (TPSA) is 83.0 Å². The molecule has 0 radical (unpaired) electrons. The Morgan fingerprint density at radius 3 is 2.59 bits per heavy atom. The molecule has 154 valence electrons. The van der Waals surface area contributed by atoms with E-state index in [4.69, 9.17) is 4.74 Å². The molecule has 9 heteroatoms. The molecule has 0 aromatic carbocycles. The van der Waals surface area contributed by atoms with Gasteiger partial charge >= 0.3 is 0 Å². The van der Waals surface area contributed by atoms with Crippen LogP contribution in [0.3, 0.4) is 0 Å². The summed E-state index contributed by atoms with van der Waals surface area (Å²) in [5.41, 5.74) is 0. The van der Waals surface area contributed by atoms with Gasteiger partial charge in [-0.3, -0.25) is 9.89 Å². The molecule has 0 saturated carbocycles. The van der Waals surface area contributed by atoms with E-state index in [0.29, 0.717) is 19.0 Å². The van der Waals surface area contributed by atoms with Gasteiger partial charge in [-0.05, 0) is 32.2 Å². The number of guanidine groups is 1. The van der Waals surface area contributed by atoms with E-state index < -0.39 is 14.6 Å². The van der Waals surface area contributed by atoms with Gasteiger partial charge in [0.05, 0.1) is 29.8 Å². The summed E-state index contributed by atoms with van der Waals surface area (Å²) in [6.45, 7) is 9.52. The summed E-state index contributed by atoms with van der Waals surface area (Å²) in [5.74, 6) is 0.698. The first-order chi connectivity index (χ1) is 12.7. The minimum atomic E-state index is -3.15. The van der Waals surface area contributed by atoms with Gasteiger partial charge < -0.3 is 15.4 Å². The zero-order valence-corrected chi connectivity index (χ0v) is 18.3. The molecule has 2 rings (SSSR count). The van der Waals surface area contributed by atoms with Gasteiger partial charge in [0.25, 0.3) is 0 Å². The molecule has 2 heterocycles. The van der Waals surface area contributed by atoms with Gasteiger partial charge in [0.15, 0.2) is 15.8 Å². The monoisotopic (exact) mass is 416 g/mol. The Morgan fingerprint density at radius 1 is 1.33 bits per heavy atom. The highest BCUT2D eigenvalue weighted by Gasteiger charge is 2.28. The third-order valence-corrected chi connectivity index (χ3v) is 8.22. The van der Waals surface area contributed by atoms with Crippen LogP contribution in [0.4, 0.5) is 0 Å². The van der Waals surface area contributed by atoms with Gasteiger partial charge in [0.1, 0.15) is 0 Å². The number of nitrogens with one attached hydrogen (secondary N) is 2. The molecular formula is C18H32N4O3S2. The van der Waals surface area contributed by atoms with E-state index in [-0.39, 0.29) is 11.8 Å². The van der Waals surface area contributed by atoms with Crippen molar-refractivity contribution in [3.05, 3.63) is 22.4 Å². The van der Waals surface area contributed by atoms with Crippen molar-refractivity contribution in [2.24, 2.45) is 4.99 Å². The van der Waals surface area contributed by atoms with Gasteiger partial charge in [-0.1, -0.05) is 6.07 Å². The second-order valence-corrected chi connectivity index (χ2v) is 11.3. The van der Waals surface area contributed by atoms with E-state index in [1.165, 1.54) is 4.88 Å². The van der Waals surface area contributed by atoms with Crippen molar-refractivity contribution in [2.45, 2.75) is 31.6 Å². The van der Waals surface area contributed by atoms with Crippen molar-refractivity contribution in [3.8, 4) is 0 Å². The Balaban J connectivity index is 1.90. The molecule has 27 heavy (non-hydrogen) atoms. The van der Waals surface area contributed by atoms with Gasteiger partial charge in [-0.25, -0.2) is 8.42 Å².